The molecule has 3 amide bonds. The molecule has 1 fully saturated rings. The van der Waals surface area contributed by atoms with Gasteiger partial charge in [0.1, 0.15) is 16.1 Å². The Morgan fingerprint density at radius 1 is 1.30 bits per heavy atom. The zero-order chi connectivity index (χ0) is 22.3. The summed E-state index contributed by atoms with van der Waals surface area (Å²) >= 11 is 6.36. The molecule has 0 aromatic heterocycles. The van der Waals surface area contributed by atoms with E-state index in [1.54, 1.807) is 37.5 Å². The zero-order valence-corrected chi connectivity index (χ0v) is 17.8. The van der Waals surface area contributed by atoms with Crippen LogP contribution in [0.3, 0.4) is 0 Å². The van der Waals surface area contributed by atoms with Crippen molar-refractivity contribution in [3.05, 3.63) is 34.7 Å². The van der Waals surface area contributed by atoms with E-state index in [4.69, 9.17) is 27.8 Å². The SMILES string of the molecule is COc1ccc(/C=C2/SC(=S)N(CCC(=O)NC(CCC(N)=O)C(=O)O)C2=O)cc1. The highest BCUT2D eigenvalue weighted by molar-refractivity contribution is 8.26. The molecule has 1 aromatic carbocycles. The smallest absolute Gasteiger partial charge is 0.326 e. The van der Waals surface area contributed by atoms with Crippen LogP contribution in [-0.4, -0.2) is 57.7 Å². The number of carboxylic acids is 1. The zero-order valence-electron chi connectivity index (χ0n) is 16.1. The van der Waals surface area contributed by atoms with Crippen molar-refractivity contribution in [3.63, 3.8) is 0 Å². The van der Waals surface area contributed by atoms with Crippen LogP contribution in [0.5, 0.6) is 5.75 Å². The molecule has 1 aliphatic rings. The van der Waals surface area contributed by atoms with Crippen molar-refractivity contribution in [1.29, 1.82) is 0 Å². The summed E-state index contributed by atoms with van der Waals surface area (Å²) < 4.78 is 5.41. The highest BCUT2D eigenvalue weighted by Gasteiger charge is 2.32. The van der Waals surface area contributed by atoms with Crippen LogP contribution in [-0.2, 0) is 19.2 Å². The molecule has 1 saturated heterocycles. The van der Waals surface area contributed by atoms with Crippen molar-refractivity contribution in [2.75, 3.05) is 13.7 Å². The third-order valence-electron chi connectivity index (χ3n) is 4.16. The Bertz CT molecular complexity index is 885. The van der Waals surface area contributed by atoms with Crippen LogP contribution in [0.2, 0.25) is 0 Å². The van der Waals surface area contributed by atoms with E-state index < -0.39 is 23.8 Å². The Hall–Kier alpha value is -2.92. The lowest BCUT2D eigenvalue weighted by atomic mass is 10.1. The lowest BCUT2D eigenvalue weighted by Crippen LogP contribution is -2.42. The quantitative estimate of drug-likeness (QED) is 0.355. The Labute approximate surface area is 182 Å². The molecule has 0 radical (unpaired) electrons. The first-order valence-corrected chi connectivity index (χ1v) is 10.1. The number of primary amides is 1. The van der Waals surface area contributed by atoms with Crippen LogP contribution in [0, 0.1) is 0 Å². The molecular weight excluding hydrogens is 430 g/mol. The fourth-order valence-electron chi connectivity index (χ4n) is 2.57. The Kier molecular flexibility index (Phi) is 8.36. The predicted octanol–water partition coefficient (Wildman–Crippen LogP) is 1.12. The van der Waals surface area contributed by atoms with Gasteiger partial charge in [0.05, 0.1) is 12.0 Å². The van der Waals surface area contributed by atoms with E-state index in [1.807, 2.05) is 0 Å². The number of thiocarbonyl (C=S) groups is 1. The number of carbonyl (C=O) groups is 4. The molecule has 0 spiro atoms. The molecule has 0 bridgehead atoms. The van der Waals surface area contributed by atoms with Gasteiger partial charge in [-0.05, 0) is 30.2 Å². The summed E-state index contributed by atoms with van der Waals surface area (Å²) in [5.41, 5.74) is 5.81. The number of benzene rings is 1. The van der Waals surface area contributed by atoms with Gasteiger partial charge in [-0.3, -0.25) is 19.3 Å². The first kappa shape index (κ1) is 23.4. The molecule has 1 aromatic rings. The minimum absolute atomic E-state index is 0.0125. The second-order valence-corrected chi connectivity index (χ2v) is 8.00. The van der Waals surface area contributed by atoms with E-state index in [9.17, 15) is 19.2 Å². The van der Waals surface area contributed by atoms with Gasteiger partial charge < -0.3 is 20.9 Å². The number of nitrogens with two attached hydrogens (primary N) is 1. The number of aliphatic carboxylic acids is 1. The Morgan fingerprint density at radius 3 is 2.53 bits per heavy atom. The number of nitrogens with one attached hydrogen (secondary N) is 1. The number of carbonyl (C=O) groups excluding carboxylic acids is 3. The second-order valence-electron chi connectivity index (χ2n) is 6.32. The van der Waals surface area contributed by atoms with Gasteiger partial charge in [0, 0.05) is 19.4 Å². The monoisotopic (exact) mass is 451 g/mol. The minimum atomic E-state index is -1.27. The maximum absolute atomic E-state index is 12.6. The topological polar surface area (TPSA) is 139 Å². The van der Waals surface area contributed by atoms with Crippen molar-refractivity contribution in [3.8, 4) is 5.75 Å². The predicted molar refractivity (Wildman–Crippen MR) is 115 cm³/mol. The van der Waals surface area contributed by atoms with Crippen molar-refractivity contribution >= 4 is 58.1 Å². The lowest BCUT2D eigenvalue weighted by Gasteiger charge is -2.16. The standard InChI is InChI=1S/C19H21N3O6S2/c1-28-12-4-2-11(3-5-12)10-14-17(25)22(19(29)30-14)9-8-16(24)21-13(18(26)27)6-7-15(20)23/h2-5,10,13H,6-9H2,1H3,(H2,20,23)(H,21,24)(H,26,27)/b14-10+. The number of methoxy groups -OCH3 is 1. The molecule has 0 aliphatic carbocycles. The molecule has 2 rings (SSSR count). The fourth-order valence-corrected chi connectivity index (χ4v) is 3.88. The van der Waals surface area contributed by atoms with E-state index >= 15 is 0 Å². The van der Waals surface area contributed by atoms with Crippen LogP contribution < -0.4 is 15.8 Å². The van der Waals surface area contributed by atoms with E-state index in [0.29, 0.717) is 15.0 Å². The van der Waals surface area contributed by atoms with Gasteiger partial charge in [-0.2, -0.15) is 0 Å². The molecule has 1 aliphatic heterocycles. The summed E-state index contributed by atoms with van der Waals surface area (Å²) in [7, 11) is 1.56. The first-order chi connectivity index (χ1) is 14.2. The highest BCUT2D eigenvalue weighted by atomic mass is 32.2. The van der Waals surface area contributed by atoms with Gasteiger partial charge in [0.15, 0.2) is 0 Å². The van der Waals surface area contributed by atoms with Gasteiger partial charge in [0.2, 0.25) is 11.8 Å². The summed E-state index contributed by atoms with van der Waals surface area (Å²) in [6, 6.07) is 5.92. The summed E-state index contributed by atoms with van der Waals surface area (Å²) in [5, 5.41) is 11.5. The number of thioether (sulfide) groups is 1. The van der Waals surface area contributed by atoms with Crippen molar-refractivity contribution in [2.24, 2.45) is 5.73 Å². The maximum atomic E-state index is 12.6. The molecule has 9 nitrogen and oxygen atoms in total. The van der Waals surface area contributed by atoms with Gasteiger partial charge in [-0.15, -0.1) is 0 Å². The number of hydrogen-bond donors (Lipinski definition) is 3. The largest absolute Gasteiger partial charge is 0.497 e. The van der Waals surface area contributed by atoms with Crippen LogP contribution in [0.4, 0.5) is 0 Å². The van der Waals surface area contributed by atoms with Crippen molar-refractivity contribution in [2.45, 2.75) is 25.3 Å². The minimum Gasteiger partial charge on any atom is -0.497 e. The number of rotatable bonds is 10. The molecule has 4 N–H and O–H groups in total. The lowest BCUT2D eigenvalue weighted by molar-refractivity contribution is -0.142. The normalized spacial score (nSPS) is 15.9. The van der Waals surface area contributed by atoms with Crippen molar-refractivity contribution < 1.29 is 29.0 Å². The van der Waals surface area contributed by atoms with Gasteiger partial charge in [-0.25, -0.2) is 4.79 Å². The molecule has 160 valence electrons. The summed E-state index contributed by atoms with van der Waals surface area (Å²) in [6.45, 7) is 0.0125. The molecule has 30 heavy (non-hydrogen) atoms. The Balaban J connectivity index is 1.94. The van der Waals surface area contributed by atoms with Crippen LogP contribution >= 0.6 is 24.0 Å². The van der Waals surface area contributed by atoms with Crippen molar-refractivity contribution in [1.82, 2.24) is 10.2 Å². The first-order valence-electron chi connectivity index (χ1n) is 8.91. The summed E-state index contributed by atoms with van der Waals surface area (Å²) in [5.74, 6) is -2.12. The number of carboxylic acid groups (broad SMARTS) is 1. The number of nitrogens with zero attached hydrogens (tertiary/aromatic N) is 1. The third-order valence-corrected chi connectivity index (χ3v) is 5.54. The van der Waals surface area contributed by atoms with E-state index in [0.717, 1.165) is 17.3 Å². The summed E-state index contributed by atoms with van der Waals surface area (Å²) in [4.78, 5) is 48.5. The van der Waals surface area contributed by atoms with Crippen LogP contribution in [0.1, 0.15) is 24.8 Å². The molecule has 0 saturated carbocycles. The molecule has 1 heterocycles. The second kappa shape index (κ2) is 10.7. The maximum Gasteiger partial charge on any atom is 0.326 e. The van der Waals surface area contributed by atoms with E-state index in [1.165, 1.54) is 4.90 Å². The fraction of sp³-hybridized carbons (Fsp3) is 0.316. The molecular formula is C19H21N3O6S2. The molecule has 1 unspecified atom stereocenters. The van der Waals surface area contributed by atoms with Gasteiger partial charge in [-0.1, -0.05) is 36.1 Å². The van der Waals surface area contributed by atoms with E-state index in [2.05, 4.69) is 5.32 Å². The van der Waals surface area contributed by atoms with Gasteiger partial charge in [0.25, 0.3) is 5.91 Å². The Morgan fingerprint density at radius 2 is 1.97 bits per heavy atom. The number of amides is 3. The number of hydrogen-bond acceptors (Lipinski definition) is 7. The molecule has 1 atom stereocenters. The number of ether oxygens (including phenoxy) is 1. The van der Waals surface area contributed by atoms with Crippen LogP contribution in [0.15, 0.2) is 29.2 Å². The average Bonchev–Trinajstić information content (AvgIpc) is 2.96. The van der Waals surface area contributed by atoms with E-state index in [-0.39, 0.29) is 31.7 Å². The average molecular weight is 452 g/mol. The summed E-state index contributed by atoms with van der Waals surface area (Å²) in [6.07, 6.45) is 1.29. The van der Waals surface area contributed by atoms with Gasteiger partial charge >= 0.3 is 5.97 Å². The molecule has 11 heteroatoms. The van der Waals surface area contributed by atoms with Crippen LogP contribution in [0.25, 0.3) is 6.08 Å². The third kappa shape index (κ3) is 6.56. The highest BCUT2D eigenvalue weighted by Crippen LogP contribution is 2.32.